The van der Waals surface area contributed by atoms with Crippen LogP contribution in [-0.4, -0.2) is 39.6 Å². The Morgan fingerprint density at radius 3 is 2.77 bits per heavy atom. The lowest BCUT2D eigenvalue weighted by molar-refractivity contribution is -0.124. The quantitative estimate of drug-likeness (QED) is 0.618. The van der Waals surface area contributed by atoms with Gasteiger partial charge in [0.2, 0.25) is 0 Å². The standard InChI is InChI=1S/C25H27N3O2/c1-17(2)13-24(29)21-6-4-12-28(16-21)25(30)20-8-10-23(27-15-20)19-7-9-22-18(14-19)5-3-11-26-22/h3,5,7-11,14-15,17,21H,4,6,12-13,16H2,1-2H3/t21-/m1/s1. The highest BCUT2D eigenvalue weighted by Crippen LogP contribution is 2.24. The molecule has 154 valence electrons. The van der Waals surface area contributed by atoms with Crippen LogP contribution in [0.2, 0.25) is 0 Å². The molecule has 5 heteroatoms. The van der Waals surface area contributed by atoms with Gasteiger partial charge >= 0.3 is 0 Å². The van der Waals surface area contributed by atoms with Gasteiger partial charge in [-0.25, -0.2) is 0 Å². The summed E-state index contributed by atoms with van der Waals surface area (Å²) in [4.78, 5) is 36.1. The van der Waals surface area contributed by atoms with Crippen LogP contribution in [0.4, 0.5) is 0 Å². The van der Waals surface area contributed by atoms with E-state index in [0.29, 0.717) is 31.0 Å². The average molecular weight is 402 g/mol. The summed E-state index contributed by atoms with van der Waals surface area (Å²) in [5.74, 6) is 0.551. The van der Waals surface area contributed by atoms with Gasteiger partial charge in [-0.2, -0.15) is 0 Å². The molecule has 1 saturated heterocycles. The first kappa shape index (κ1) is 20.2. The van der Waals surface area contributed by atoms with Crippen LogP contribution in [0, 0.1) is 11.8 Å². The second-order valence-corrected chi connectivity index (χ2v) is 8.50. The Kier molecular flexibility index (Phi) is 5.88. The highest BCUT2D eigenvalue weighted by Gasteiger charge is 2.29. The first-order valence-corrected chi connectivity index (χ1v) is 10.6. The normalized spacial score (nSPS) is 16.8. The van der Waals surface area contributed by atoms with Gasteiger partial charge in [-0.15, -0.1) is 0 Å². The van der Waals surface area contributed by atoms with Crippen LogP contribution in [0.1, 0.15) is 43.5 Å². The summed E-state index contributed by atoms with van der Waals surface area (Å²) in [6.07, 6.45) is 5.76. The van der Waals surface area contributed by atoms with E-state index in [9.17, 15) is 9.59 Å². The molecule has 1 atom stereocenters. The van der Waals surface area contributed by atoms with E-state index >= 15 is 0 Å². The molecule has 2 aromatic heterocycles. The fraction of sp³-hybridized carbons (Fsp3) is 0.360. The molecule has 1 aliphatic heterocycles. The summed E-state index contributed by atoms with van der Waals surface area (Å²) in [6, 6.07) is 13.7. The largest absolute Gasteiger partial charge is 0.338 e. The summed E-state index contributed by atoms with van der Waals surface area (Å²) < 4.78 is 0. The van der Waals surface area contributed by atoms with E-state index in [4.69, 9.17) is 0 Å². The highest BCUT2D eigenvalue weighted by atomic mass is 16.2. The molecule has 0 unspecified atom stereocenters. The number of piperidine rings is 1. The lowest BCUT2D eigenvalue weighted by atomic mass is 9.89. The molecule has 30 heavy (non-hydrogen) atoms. The van der Waals surface area contributed by atoms with Crippen molar-refractivity contribution < 1.29 is 9.59 Å². The first-order valence-electron chi connectivity index (χ1n) is 10.6. The zero-order valence-corrected chi connectivity index (χ0v) is 17.5. The van der Waals surface area contributed by atoms with Crippen molar-refractivity contribution in [2.24, 2.45) is 11.8 Å². The summed E-state index contributed by atoms with van der Waals surface area (Å²) >= 11 is 0. The van der Waals surface area contributed by atoms with E-state index in [-0.39, 0.29) is 17.6 Å². The SMILES string of the molecule is CC(C)CC(=O)[C@@H]1CCCN(C(=O)c2ccc(-c3ccc4ncccc4c3)nc2)C1. The topological polar surface area (TPSA) is 63.2 Å². The van der Waals surface area contributed by atoms with Gasteiger partial charge in [0.15, 0.2) is 0 Å². The van der Waals surface area contributed by atoms with E-state index < -0.39 is 0 Å². The van der Waals surface area contributed by atoms with Crippen LogP contribution in [0.3, 0.4) is 0 Å². The zero-order valence-electron chi connectivity index (χ0n) is 17.5. The summed E-state index contributed by atoms with van der Waals surface area (Å²) in [6.45, 7) is 5.33. The van der Waals surface area contributed by atoms with Crippen molar-refractivity contribution in [2.75, 3.05) is 13.1 Å². The first-order chi connectivity index (χ1) is 14.5. The van der Waals surface area contributed by atoms with Crippen molar-refractivity contribution in [1.82, 2.24) is 14.9 Å². The van der Waals surface area contributed by atoms with Gasteiger partial charge in [0, 0.05) is 48.8 Å². The number of ketones is 1. The molecule has 0 saturated carbocycles. The van der Waals surface area contributed by atoms with Gasteiger partial charge in [0.1, 0.15) is 5.78 Å². The molecule has 5 nitrogen and oxygen atoms in total. The molecule has 1 aliphatic rings. The number of aromatic nitrogens is 2. The Bertz CT molecular complexity index is 1060. The van der Waals surface area contributed by atoms with Crippen molar-refractivity contribution in [3.05, 3.63) is 60.4 Å². The molecule has 0 spiro atoms. The van der Waals surface area contributed by atoms with E-state index in [0.717, 1.165) is 35.0 Å². The lowest BCUT2D eigenvalue weighted by Gasteiger charge is -2.32. The Labute approximate surface area is 177 Å². The number of pyridine rings is 2. The monoisotopic (exact) mass is 401 g/mol. The number of likely N-dealkylation sites (tertiary alicyclic amines) is 1. The number of nitrogens with zero attached hydrogens (tertiary/aromatic N) is 3. The number of carbonyl (C=O) groups is 2. The number of hydrogen-bond acceptors (Lipinski definition) is 4. The Morgan fingerprint density at radius 2 is 2.00 bits per heavy atom. The van der Waals surface area contributed by atoms with Crippen LogP contribution >= 0.6 is 0 Å². The van der Waals surface area contributed by atoms with Crippen LogP contribution in [0.15, 0.2) is 54.9 Å². The molecular weight excluding hydrogens is 374 g/mol. The molecule has 3 aromatic rings. The van der Waals surface area contributed by atoms with Crippen molar-refractivity contribution in [1.29, 1.82) is 0 Å². The van der Waals surface area contributed by atoms with Gasteiger partial charge < -0.3 is 4.90 Å². The third-order valence-electron chi connectivity index (χ3n) is 5.68. The predicted octanol–water partition coefficient (Wildman–Crippen LogP) is 4.76. The smallest absolute Gasteiger partial charge is 0.255 e. The Hall–Kier alpha value is -3.08. The molecular formula is C25H27N3O2. The van der Waals surface area contributed by atoms with Crippen LogP contribution in [0.25, 0.3) is 22.2 Å². The number of amides is 1. The maximum Gasteiger partial charge on any atom is 0.255 e. The van der Waals surface area contributed by atoms with Gasteiger partial charge in [-0.1, -0.05) is 26.0 Å². The summed E-state index contributed by atoms with van der Waals surface area (Å²) in [5, 5.41) is 1.06. The number of carbonyl (C=O) groups excluding carboxylic acids is 2. The average Bonchev–Trinajstić information content (AvgIpc) is 2.78. The minimum atomic E-state index is -0.0428. The summed E-state index contributed by atoms with van der Waals surface area (Å²) in [5.41, 5.74) is 3.32. The molecule has 1 fully saturated rings. The lowest BCUT2D eigenvalue weighted by Crippen LogP contribution is -2.42. The number of rotatable bonds is 5. The molecule has 4 rings (SSSR count). The molecule has 0 N–H and O–H groups in total. The van der Waals surface area contributed by atoms with Crippen LogP contribution in [0.5, 0.6) is 0 Å². The molecule has 0 aliphatic carbocycles. The molecule has 0 bridgehead atoms. The Balaban J connectivity index is 1.47. The van der Waals surface area contributed by atoms with Gasteiger partial charge in [0.25, 0.3) is 5.91 Å². The maximum atomic E-state index is 13.0. The number of fused-ring (bicyclic) bond motifs is 1. The third-order valence-corrected chi connectivity index (χ3v) is 5.68. The Morgan fingerprint density at radius 1 is 1.13 bits per heavy atom. The van der Waals surface area contributed by atoms with E-state index in [2.05, 4.69) is 29.9 Å². The molecule has 1 aromatic carbocycles. The summed E-state index contributed by atoms with van der Waals surface area (Å²) in [7, 11) is 0. The van der Waals surface area contributed by atoms with E-state index in [1.807, 2.05) is 41.3 Å². The molecule has 1 amide bonds. The third kappa shape index (κ3) is 4.40. The highest BCUT2D eigenvalue weighted by molar-refractivity contribution is 5.95. The minimum absolute atomic E-state index is 0.0384. The number of benzene rings is 1. The zero-order chi connectivity index (χ0) is 21.1. The van der Waals surface area contributed by atoms with Gasteiger partial charge in [-0.3, -0.25) is 19.6 Å². The van der Waals surface area contributed by atoms with Crippen molar-refractivity contribution in [2.45, 2.75) is 33.1 Å². The van der Waals surface area contributed by atoms with E-state index in [1.54, 1.807) is 12.4 Å². The minimum Gasteiger partial charge on any atom is -0.338 e. The van der Waals surface area contributed by atoms with Gasteiger partial charge in [0.05, 0.1) is 16.8 Å². The van der Waals surface area contributed by atoms with Crippen LogP contribution < -0.4 is 0 Å². The van der Waals surface area contributed by atoms with Crippen molar-refractivity contribution in [3.8, 4) is 11.3 Å². The predicted molar refractivity (Wildman–Crippen MR) is 118 cm³/mol. The van der Waals surface area contributed by atoms with Crippen molar-refractivity contribution >= 4 is 22.6 Å². The number of hydrogen-bond donors (Lipinski definition) is 0. The number of Topliss-reactive ketones (excluding diaryl/α,β-unsaturated/α-hetero) is 1. The second-order valence-electron chi connectivity index (χ2n) is 8.50. The van der Waals surface area contributed by atoms with E-state index in [1.165, 1.54) is 0 Å². The fourth-order valence-electron chi connectivity index (χ4n) is 4.10. The fourth-order valence-corrected chi connectivity index (χ4v) is 4.10. The van der Waals surface area contributed by atoms with Crippen LogP contribution in [-0.2, 0) is 4.79 Å². The van der Waals surface area contributed by atoms with Crippen molar-refractivity contribution in [3.63, 3.8) is 0 Å². The van der Waals surface area contributed by atoms with Gasteiger partial charge in [-0.05, 0) is 49.1 Å². The molecule has 3 heterocycles. The molecule has 0 radical (unpaired) electrons. The maximum absolute atomic E-state index is 13.0. The second kappa shape index (κ2) is 8.74.